The highest BCUT2D eigenvalue weighted by atomic mass is 19.3. The van der Waals surface area contributed by atoms with Crippen molar-refractivity contribution in [3.8, 4) is 0 Å². The molecule has 0 amide bonds. The first-order valence-electron chi connectivity index (χ1n) is 6.22. The number of halogens is 2. The summed E-state index contributed by atoms with van der Waals surface area (Å²) in [6.45, 7) is 11.0. The Bertz CT molecular complexity index is 298. The number of allylic oxidation sites excluding steroid dienone is 5. The Morgan fingerprint density at radius 1 is 1.41 bits per heavy atom. The topological polar surface area (TPSA) is 0 Å². The molecule has 0 aromatic heterocycles. The van der Waals surface area contributed by atoms with E-state index in [0.717, 1.165) is 11.1 Å². The minimum Gasteiger partial charge on any atom is -0.207 e. The van der Waals surface area contributed by atoms with E-state index in [1.54, 1.807) is 19.9 Å². The highest BCUT2D eigenvalue weighted by Crippen LogP contribution is 2.32. The molecule has 0 aromatic carbocycles. The summed E-state index contributed by atoms with van der Waals surface area (Å²) in [6, 6.07) is 0. The van der Waals surface area contributed by atoms with Crippen molar-refractivity contribution >= 4 is 0 Å². The van der Waals surface area contributed by atoms with Gasteiger partial charge >= 0.3 is 0 Å². The van der Waals surface area contributed by atoms with E-state index in [1.165, 1.54) is 0 Å². The van der Waals surface area contributed by atoms with Crippen molar-refractivity contribution in [2.75, 3.05) is 0 Å². The third-order valence-electron chi connectivity index (χ3n) is 3.10. The molecule has 0 fully saturated rings. The summed E-state index contributed by atoms with van der Waals surface area (Å²) in [5.41, 5.74) is 2.03. The number of hydrogen-bond acceptors (Lipinski definition) is 0. The van der Waals surface area contributed by atoms with Crippen molar-refractivity contribution in [1.29, 1.82) is 0 Å². The molecule has 0 aromatic rings. The molecule has 0 saturated carbocycles. The van der Waals surface area contributed by atoms with Crippen LogP contribution in [0.15, 0.2) is 36.0 Å². The second-order valence-electron chi connectivity index (χ2n) is 4.48. The lowest BCUT2D eigenvalue weighted by Gasteiger charge is -2.22. The third kappa shape index (κ3) is 5.29. The van der Waals surface area contributed by atoms with Crippen molar-refractivity contribution in [3.05, 3.63) is 36.0 Å². The predicted molar refractivity (Wildman–Crippen MR) is 71.3 cm³/mol. The van der Waals surface area contributed by atoms with Crippen molar-refractivity contribution in [1.82, 2.24) is 0 Å². The van der Waals surface area contributed by atoms with Crippen LogP contribution in [0.5, 0.6) is 0 Å². The maximum atomic E-state index is 13.6. The van der Waals surface area contributed by atoms with Crippen LogP contribution >= 0.6 is 0 Å². The van der Waals surface area contributed by atoms with Crippen LogP contribution in [0, 0.1) is 5.92 Å². The van der Waals surface area contributed by atoms with Crippen LogP contribution in [0.1, 0.15) is 47.0 Å². The summed E-state index contributed by atoms with van der Waals surface area (Å²) in [6.07, 6.45) is 6.41. The first kappa shape index (κ1) is 16.1. The molecule has 0 rings (SSSR count). The van der Waals surface area contributed by atoms with Crippen LogP contribution < -0.4 is 0 Å². The molecule has 1 atom stereocenters. The minimum absolute atomic E-state index is 0.0337. The van der Waals surface area contributed by atoms with Crippen LogP contribution in [0.4, 0.5) is 8.78 Å². The van der Waals surface area contributed by atoms with Gasteiger partial charge in [0.05, 0.1) is 0 Å². The maximum absolute atomic E-state index is 13.6. The zero-order valence-corrected chi connectivity index (χ0v) is 11.4. The molecule has 1 unspecified atom stereocenters. The first-order valence-corrected chi connectivity index (χ1v) is 6.22. The SMILES string of the molecule is C=CC(=C\CC(C)C(F)(F)CCC)/C(C)=C\C. The van der Waals surface area contributed by atoms with Gasteiger partial charge in [0.1, 0.15) is 0 Å². The van der Waals surface area contributed by atoms with E-state index in [-0.39, 0.29) is 6.42 Å². The highest BCUT2D eigenvalue weighted by Gasteiger charge is 2.34. The molecule has 0 heterocycles. The molecular formula is C15H24F2. The van der Waals surface area contributed by atoms with E-state index in [0.29, 0.717) is 12.8 Å². The molecule has 0 N–H and O–H groups in total. The zero-order valence-electron chi connectivity index (χ0n) is 11.4. The smallest absolute Gasteiger partial charge is 0.207 e. The van der Waals surface area contributed by atoms with E-state index in [9.17, 15) is 8.78 Å². The van der Waals surface area contributed by atoms with E-state index in [4.69, 9.17) is 0 Å². The Hall–Kier alpha value is -0.920. The number of rotatable bonds is 7. The van der Waals surface area contributed by atoms with Crippen molar-refractivity contribution in [3.63, 3.8) is 0 Å². The second kappa shape index (κ2) is 7.41. The van der Waals surface area contributed by atoms with Crippen LogP contribution in [0.3, 0.4) is 0 Å². The average Bonchev–Trinajstić information content (AvgIpc) is 2.28. The summed E-state index contributed by atoms with van der Waals surface area (Å²) >= 11 is 0. The lowest BCUT2D eigenvalue weighted by atomic mass is 9.94. The Balaban J connectivity index is 4.63. The van der Waals surface area contributed by atoms with Gasteiger partial charge in [0, 0.05) is 12.3 Å². The fourth-order valence-corrected chi connectivity index (χ4v) is 1.63. The van der Waals surface area contributed by atoms with Gasteiger partial charge in [-0.1, -0.05) is 45.1 Å². The number of alkyl halides is 2. The normalized spacial score (nSPS) is 15.9. The standard InChI is InChI=1S/C15H24F2/c1-6-11-15(16,17)13(5)9-10-14(8-3)12(4)7-2/h7-8,10,13H,3,6,9,11H2,1-2,4-5H3/b12-7-,14-10+. The summed E-state index contributed by atoms with van der Waals surface area (Å²) in [5, 5.41) is 0. The van der Waals surface area contributed by atoms with Crippen LogP contribution in [0.2, 0.25) is 0 Å². The second-order valence-corrected chi connectivity index (χ2v) is 4.48. The van der Waals surface area contributed by atoms with Crippen LogP contribution in [0.25, 0.3) is 0 Å². The molecule has 0 saturated heterocycles. The highest BCUT2D eigenvalue weighted by molar-refractivity contribution is 5.36. The van der Waals surface area contributed by atoms with Gasteiger partial charge in [-0.25, -0.2) is 8.78 Å². The molecular weight excluding hydrogens is 218 g/mol. The largest absolute Gasteiger partial charge is 0.250 e. The molecule has 0 nitrogen and oxygen atoms in total. The van der Waals surface area contributed by atoms with Crippen LogP contribution in [-0.4, -0.2) is 5.92 Å². The summed E-state index contributed by atoms with van der Waals surface area (Å²) in [5.74, 6) is -3.19. The van der Waals surface area contributed by atoms with Gasteiger partial charge in [-0.2, -0.15) is 0 Å². The lowest BCUT2D eigenvalue weighted by molar-refractivity contribution is -0.0581. The molecule has 0 spiro atoms. The van der Waals surface area contributed by atoms with E-state index < -0.39 is 11.8 Å². The van der Waals surface area contributed by atoms with E-state index >= 15 is 0 Å². The van der Waals surface area contributed by atoms with E-state index in [1.807, 2.05) is 26.0 Å². The Morgan fingerprint density at radius 2 is 2.00 bits per heavy atom. The van der Waals surface area contributed by atoms with Crippen molar-refractivity contribution < 1.29 is 8.78 Å². The van der Waals surface area contributed by atoms with Gasteiger partial charge < -0.3 is 0 Å². The fourth-order valence-electron chi connectivity index (χ4n) is 1.63. The Kier molecular flexibility index (Phi) is 7.01. The van der Waals surface area contributed by atoms with Gasteiger partial charge in [0.2, 0.25) is 0 Å². The minimum atomic E-state index is -2.57. The molecule has 0 radical (unpaired) electrons. The first-order chi connectivity index (χ1) is 7.88. The van der Waals surface area contributed by atoms with Gasteiger partial charge in [-0.05, 0) is 31.4 Å². The lowest BCUT2D eigenvalue weighted by Crippen LogP contribution is -2.25. The molecule has 17 heavy (non-hydrogen) atoms. The number of hydrogen-bond donors (Lipinski definition) is 0. The summed E-state index contributed by atoms with van der Waals surface area (Å²) in [7, 11) is 0. The molecule has 98 valence electrons. The quantitative estimate of drug-likeness (QED) is 0.515. The Morgan fingerprint density at radius 3 is 2.41 bits per heavy atom. The summed E-state index contributed by atoms with van der Waals surface area (Å²) in [4.78, 5) is 0. The van der Waals surface area contributed by atoms with Crippen molar-refractivity contribution in [2.45, 2.75) is 52.9 Å². The molecule has 0 aliphatic heterocycles. The Labute approximate surface area is 104 Å². The molecule has 0 bridgehead atoms. The van der Waals surface area contributed by atoms with Crippen LogP contribution in [-0.2, 0) is 0 Å². The van der Waals surface area contributed by atoms with Gasteiger partial charge in [0.25, 0.3) is 5.92 Å². The average molecular weight is 242 g/mol. The monoisotopic (exact) mass is 242 g/mol. The summed E-state index contributed by atoms with van der Waals surface area (Å²) < 4.78 is 27.2. The zero-order chi connectivity index (χ0) is 13.5. The van der Waals surface area contributed by atoms with Gasteiger partial charge in [-0.3, -0.25) is 0 Å². The molecule has 0 aliphatic carbocycles. The molecule has 2 heteroatoms. The van der Waals surface area contributed by atoms with E-state index in [2.05, 4.69) is 6.58 Å². The fraction of sp³-hybridized carbons (Fsp3) is 0.600. The van der Waals surface area contributed by atoms with Gasteiger partial charge in [0.15, 0.2) is 0 Å². The predicted octanol–water partition coefficient (Wildman–Crippen LogP) is 5.53. The van der Waals surface area contributed by atoms with Crippen molar-refractivity contribution in [2.24, 2.45) is 5.92 Å². The molecule has 0 aliphatic rings. The van der Waals surface area contributed by atoms with Gasteiger partial charge in [-0.15, -0.1) is 0 Å². The maximum Gasteiger partial charge on any atom is 0.250 e. The third-order valence-corrected chi connectivity index (χ3v) is 3.10.